The number of hydrogen-bond acceptors (Lipinski definition) is 7. The molecule has 8 rings (SSSR count). The van der Waals surface area contributed by atoms with Crippen molar-refractivity contribution < 1.29 is 17.9 Å². The van der Waals surface area contributed by atoms with Gasteiger partial charge in [-0.3, -0.25) is 9.88 Å². The smallest absolute Gasteiger partial charge is 0.319 e. The molecule has 6 heterocycles. The number of nitrogens with zero attached hydrogens (tertiary/aromatic N) is 5. The van der Waals surface area contributed by atoms with Crippen molar-refractivity contribution in [2.24, 2.45) is 0 Å². The maximum Gasteiger partial charge on any atom is 0.319 e. The van der Waals surface area contributed by atoms with Crippen LogP contribution in [0.2, 0.25) is 5.02 Å². The Morgan fingerprint density at radius 3 is 2.67 bits per heavy atom. The zero-order chi connectivity index (χ0) is 28.6. The van der Waals surface area contributed by atoms with Crippen molar-refractivity contribution in [2.45, 2.75) is 55.6 Å². The van der Waals surface area contributed by atoms with Gasteiger partial charge in [-0.25, -0.2) is 13.2 Å². The van der Waals surface area contributed by atoms with Gasteiger partial charge in [0.25, 0.3) is 5.92 Å². The summed E-state index contributed by atoms with van der Waals surface area (Å²) in [5.41, 5.74) is 0.0206. The second-order valence-corrected chi connectivity index (χ2v) is 12.7. The Morgan fingerprint density at radius 2 is 1.86 bits per heavy atom. The number of alkyl halides is 2. The molecule has 0 saturated carbocycles. The average molecular weight is 595 g/mol. The Hall–Kier alpha value is -3.21. The minimum absolute atomic E-state index is 0.00757. The van der Waals surface area contributed by atoms with Crippen molar-refractivity contribution in [3.05, 3.63) is 53.4 Å². The van der Waals surface area contributed by atoms with Crippen LogP contribution in [0.5, 0.6) is 6.01 Å². The number of piperazine rings is 1. The highest BCUT2D eigenvalue weighted by molar-refractivity contribution is 6.36. The van der Waals surface area contributed by atoms with Crippen LogP contribution in [-0.4, -0.2) is 76.2 Å². The van der Waals surface area contributed by atoms with Gasteiger partial charge in [0.2, 0.25) is 0 Å². The zero-order valence-electron chi connectivity index (χ0n) is 22.9. The minimum atomic E-state index is -2.76. The second-order valence-electron chi connectivity index (χ2n) is 12.3. The van der Waals surface area contributed by atoms with Gasteiger partial charge in [0.05, 0.1) is 17.5 Å². The predicted molar refractivity (Wildman–Crippen MR) is 156 cm³/mol. The summed E-state index contributed by atoms with van der Waals surface area (Å²) in [7, 11) is 0. The normalized spacial score (nSPS) is 26.8. The molecule has 4 fully saturated rings. The molecule has 2 aromatic carbocycles. The van der Waals surface area contributed by atoms with Gasteiger partial charge >= 0.3 is 6.01 Å². The molecule has 4 aromatic rings. The molecular formula is C31H30ClF3N6O. The van der Waals surface area contributed by atoms with Crippen LogP contribution in [0.15, 0.2) is 42.6 Å². The number of anilines is 1. The van der Waals surface area contributed by atoms with Crippen LogP contribution < -0.4 is 15.0 Å². The van der Waals surface area contributed by atoms with Gasteiger partial charge in [-0.05, 0) is 43.7 Å². The third-order valence-electron chi connectivity index (χ3n) is 9.49. The summed E-state index contributed by atoms with van der Waals surface area (Å²) in [6, 6.07) is 11.8. The number of ether oxygens (including phenoxy) is 1. The molecule has 0 spiro atoms. The lowest BCUT2D eigenvalue weighted by Crippen LogP contribution is -2.51. The molecule has 42 heavy (non-hydrogen) atoms. The van der Waals surface area contributed by atoms with Crippen LogP contribution in [0.3, 0.4) is 0 Å². The number of benzene rings is 2. The Kier molecular flexibility index (Phi) is 6.07. The third-order valence-corrected chi connectivity index (χ3v) is 9.80. The van der Waals surface area contributed by atoms with Crippen molar-refractivity contribution in [3.63, 3.8) is 0 Å². The summed E-state index contributed by atoms with van der Waals surface area (Å²) in [5, 5.41) is 6.19. The molecule has 2 bridgehead atoms. The second kappa shape index (κ2) is 9.65. The van der Waals surface area contributed by atoms with Crippen LogP contribution in [0.1, 0.15) is 32.1 Å². The number of pyridine rings is 1. The van der Waals surface area contributed by atoms with Gasteiger partial charge in [-0.15, -0.1) is 0 Å². The fourth-order valence-electron chi connectivity index (χ4n) is 7.65. The van der Waals surface area contributed by atoms with Crippen molar-refractivity contribution in [1.29, 1.82) is 0 Å². The predicted octanol–water partition coefficient (Wildman–Crippen LogP) is 5.83. The standard InChI is InChI=1S/C31H30ClF3N6O/c32-23-7-2-5-18-4-1-6-21(24(18)23)26-25(33)27-22(12-36-26)28(40-13-19-8-9-20(14-40)37-19)39-29(38-27)42-17-30-10-3-11-41(30)16-31(34,35)15-30/h1-2,4-7,12,19-20,37H,3,8-11,13-17H2. The molecule has 218 valence electrons. The number of hydrogen-bond donors (Lipinski definition) is 1. The lowest BCUT2D eigenvalue weighted by molar-refractivity contribution is 0.00804. The van der Waals surface area contributed by atoms with Gasteiger partial charge in [0, 0.05) is 53.8 Å². The molecule has 4 aliphatic heterocycles. The van der Waals surface area contributed by atoms with Crippen molar-refractivity contribution in [1.82, 2.24) is 25.2 Å². The highest BCUT2D eigenvalue weighted by Gasteiger charge is 2.57. The quantitative estimate of drug-likeness (QED) is 0.312. The highest BCUT2D eigenvalue weighted by Crippen LogP contribution is 2.46. The van der Waals surface area contributed by atoms with E-state index in [1.807, 2.05) is 29.2 Å². The van der Waals surface area contributed by atoms with Gasteiger partial charge in [0.1, 0.15) is 23.6 Å². The molecule has 7 nitrogen and oxygen atoms in total. The van der Waals surface area contributed by atoms with Crippen molar-refractivity contribution >= 4 is 39.1 Å². The minimum Gasteiger partial charge on any atom is -0.461 e. The van der Waals surface area contributed by atoms with Gasteiger partial charge in [-0.2, -0.15) is 9.97 Å². The van der Waals surface area contributed by atoms with Gasteiger partial charge in [0.15, 0.2) is 5.82 Å². The Bertz CT molecular complexity index is 1700. The number of nitrogens with one attached hydrogen (secondary N) is 1. The fourth-order valence-corrected chi connectivity index (χ4v) is 7.93. The van der Waals surface area contributed by atoms with Crippen molar-refractivity contribution in [3.8, 4) is 17.3 Å². The lowest BCUT2D eigenvalue weighted by atomic mass is 9.94. The number of fused-ring (bicyclic) bond motifs is 5. The molecule has 0 radical (unpaired) electrons. The molecule has 3 atom stereocenters. The summed E-state index contributed by atoms with van der Waals surface area (Å²) in [6.07, 6.45) is 4.96. The Balaban J connectivity index is 1.24. The monoisotopic (exact) mass is 594 g/mol. The number of aromatic nitrogens is 3. The first kappa shape index (κ1) is 26.4. The number of halogens is 4. The molecule has 4 aliphatic rings. The largest absolute Gasteiger partial charge is 0.461 e. The first-order chi connectivity index (χ1) is 20.3. The topological polar surface area (TPSA) is 66.4 Å². The van der Waals surface area contributed by atoms with Crippen LogP contribution in [-0.2, 0) is 0 Å². The molecule has 0 amide bonds. The SMILES string of the molecule is Fc1c(-c2cccc3cccc(Cl)c23)ncc2c(N3CC4CCC(C3)N4)nc(OCC34CCCN3CC(F)(F)C4)nc12. The maximum atomic E-state index is 16.6. The van der Waals surface area contributed by atoms with E-state index < -0.39 is 17.3 Å². The molecule has 0 aliphatic carbocycles. The molecule has 3 unspecified atom stereocenters. The van der Waals surface area contributed by atoms with Crippen LogP contribution in [0.25, 0.3) is 32.9 Å². The fraction of sp³-hybridized carbons (Fsp3) is 0.452. The summed E-state index contributed by atoms with van der Waals surface area (Å²) < 4.78 is 51.6. The van der Waals surface area contributed by atoms with E-state index in [1.54, 1.807) is 18.3 Å². The van der Waals surface area contributed by atoms with Crippen LogP contribution >= 0.6 is 11.6 Å². The first-order valence-corrected chi connectivity index (χ1v) is 15.0. The van der Waals surface area contributed by atoms with E-state index in [1.165, 1.54) is 0 Å². The summed E-state index contributed by atoms with van der Waals surface area (Å²) >= 11 is 6.57. The number of rotatable bonds is 5. The molecular weight excluding hydrogens is 565 g/mol. The van der Waals surface area contributed by atoms with E-state index in [0.717, 1.165) is 24.6 Å². The zero-order valence-corrected chi connectivity index (χ0v) is 23.7. The van der Waals surface area contributed by atoms with E-state index >= 15 is 4.39 Å². The van der Waals surface area contributed by atoms with E-state index in [4.69, 9.17) is 21.3 Å². The van der Waals surface area contributed by atoms with E-state index in [-0.39, 0.29) is 36.8 Å². The van der Waals surface area contributed by atoms with Crippen LogP contribution in [0, 0.1) is 5.82 Å². The highest BCUT2D eigenvalue weighted by atomic mass is 35.5. The molecule has 1 N–H and O–H groups in total. The molecule has 2 aromatic heterocycles. The van der Waals surface area contributed by atoms with Gasteiger partial charge in [-0.1, -0.05) is 41.9 Å². The lowest BCUT2D eigenvalue weighted by Gasteiger charge is -2.34. The van der Waals surface area contributed by atoms with Crippen molar-refractivity contribution in [2.75, 3.05) is 37.7 Å². The first-order valence-electron chi connectivity index (χ1n) is 14.6. The Labute approximate surface area is 246 Å². The maximum absolute atomic E-state index is 16.6. The summed E-state index contributed by atoms with van der Waals surface area (Å²) in [6.45, 7) is 1.81. The van der Waals surface area contributed by atoms with Crippen LogP contribution in [0.4, 0.5) is 19.0 Å². The average Bonchev–Trinajstić information content (AvgIpc) is 3.59. The summed E-state index contributed by atoms with van der Waals surface area (Å²) in [4.78, 5) is 17.9. The molecule has 4 saturated heterocycles. The Morgan fingerprint density at radius 1 is 1.07 bits per heavy atom. The van der Waals surface area contributed by atoms with E-state index in [0.29, 0.717) is 65.3 Å². The van der Waals surface area contributed by atoms with E-state index in [2.05, 4.69) is 20.2 Å². The third kappa shape index (κ3) is 4.29. The molecule has 11 heteroatoms. The van der Waals surface area contributed by atoms with Gasteiger partial charge < -0.3 is 15.0 Å². The summed E-state index contributed by atoms with van der Waals surface area (Å²) in [5.74, 6) is -2.80. The van der Waals surface area contributed by atoms with E-state index in [9.17, 15) is 8.78 Å².